The molecule has 1 unspecified atom stereocenters. The molecule has 2 heterocycles. The Labute approximate surface area is 154 Å². The van der Waals surface area contributed by atoms with Crippen molar-refractivity contribution in [2.75, 3.05) is 19.7 Å². The van der Waals surface area contributed by atoms with Crippen LogP contribution in [0, 0.1) is 5.92 Å². The number of benzene rings is 1. The van der Waals surface area contributed by atoms with Gasteiger partial charge in [-0.25, -0.2) is 0 Å². The standard InChI is InChI=1S/C20H27N3O3/c1-15(2)13-19(24)23-11-6-9-17(14-23)25-12-10-18-21-20(26-22-18)16-7-4-3-5-8-16/h3-5,7-8,15,17H,6,9-14H2,1-2H3. The van der Waals surface area contributed by atoms with Crippen LogP contribution in [0.4, 0.5) is 0 Å². The van der Waals surface area contributed by atoms with E-state index in [4.69, 9.17) is 9.26 Å². The van der Waals surface area contributed by atoms with Crippen molar-refractivity contribution in [1.29, 1.82) is 0 Å². The summed E-state index contributed by atoms with van der Waals surface area (Å²) in [6.07, 6.45) is 3.30. The van der Waals surface area contributed by atoms with Gasteiger partial charge in [-0.3, -0.25) is 4.79 Å². The molecule has 1 saturated heterocycles. The molecule has 0 bridgehead atoms. The Kier molecular flexibility index (Phi) is 6.39. The van der Waals surface area contributed by atoms with Crippen molar-refractivity contribution >= 4 is 5.91 Å². The lowest BCUT2D eigenvalue weighted by Gasteiger charge is -2.33. The fourth-order valence-corrected chi connectivity index (χ4v) is 3.15. The summed E-state index contributed by atoms with van der Waals surface area (Å²) < 4.78 is 11.3. The summed E-state index contributed by atoms with van der Waals surface area (Å²) in [6, 6.07) is 9.72. The zero-order chi connectivity index (χ0) is 18.4. The highest BCUT2D eigenvalue weighted by Crippen LogP contribution is 2.18. The van der Waals surface area contributed by atoms with E-state index in [9.17, 15) is 4.79 Å². The highest BCUT2D eigenvalue weighted by molar-refractivity contribution is 5.76. The molecule has 6 heteroatoms. The van der Waals surface area contributed by atoms with Crippen molar-refractivity contribution in [3.8, 4) is 11.5 Å². The molecular weight excluding hydrogens is 330 g/mol. The topological polar surface area (TPSA) is 68.5 Å². The molecule has 0 N–H and O–H groups in total. The molecule has 0 saturated carbocycles. The number of carbonyl (C=O) groups excluding carboxylic acids is 1. The first-order valence-electron chi connectivity index (χ1n) is 9.39. The van der Waals surface area contributed by atoms with Gasteiger partial charge in [0.1, 0.15) is 0 Å². The third kappa shape index (κ3) is 5.14. The van der Waals surface area contributed by atoms with E-state index in [1.807, 2.05) is 35.2 Å². The molecular formula is C20H27N3O3. The van der Waals surface area contributed by atoms with E-state index >= 15 is 0 Å². The maximum Gasteiger partial charge on any atom is 0.257 e. The third-order valence-electron chi connectivity index (χ3n) is 4.48. The number of carbonyl (C=O) groups is 1. The lowest BCUT2D eigenvalue weighted by Crippen LogP contribution is -2.43. The van der Waals surface area contributed by atoms with Crippen LogP contribution in [0.25, 0.3) is 11.5 Å². The van der Waals surface area contributed by atoms with Crippen LogP contribution in [0.15, 0.2) is 34.9 Å². The van der Waals surface area contributed by atoms with E-state index in [1.165, 1.54) is 0 Å². The number of nitrogens with zero attached hydrogens (tertiary/aromatic N) is 3. The fourth-order valence-electron chi connectivity index (χ4n) is 3.15. The number of hydrogen-bond acceptors (Lipinski definition) is 5. The van der Waals surface area contributed by atoms with Gasteiger partial charge < -0.3 is 14.2 Å². The Balaban J connectivity index is 1.45. The zero-order valence-electron chi connectivity index (χ0n) is 15.6. The van der Waals surface area contributed by atoms with Gasteiger partial charge in [-0.2, -0.15) is 4.98 Å². The Hall–Kier alpha value is -2.21. The number of aromatic nitrogens is 2. The van der Waals surface area contributed by atoms with Gasteiger partial charge in [0.25, 0.3) is 5.89 Å². The molecule has 0 radical (unpaired) electrons. The van der Waals surface area contributed by atoms with E-state index in [0.717, 1.165) is 24.9 Å². The molecule has 1 aromatic carbocycles. The first-order chi connectivity index (χ1) is 12.6. The second kappa shape index (κ2) is 8.94. The number of rotatable bonds is 7. The molecule has 3 rings (SSSR count). The van der Waals surface area contributed by atoms with Crippen LogP contribution in [0.1, 0.15) is 38.9 Å². The van der Waals surface area contributed by atoms with E-state index < -0.39 is 0 Å². The summed E-state index contributed by atoms with van der Waals surface area (Å²) in [5, 5.41) is 4.02. The largest absolute Gasteiger partial charge is 0.376 e. The van der Waals surface area contributed by atoms with Crippen molar-refractivity contribution in [2.45, 2.75) is 45.6 Å². The van der Waals surface area contributed by atoms with E-state index in [-0.39, 0.29) is 12.0 Å². The molecule has 1 fully saturated rings. The van der Waals surface area contributed by atoms with Gasteiger partial charge in [0.15, 0.2) is 5.82 Å². The maximum atomic E-state index is 12.2. The van der Waals surface area contributed by atoms with E-state index in [1.54, 1.807) is 0 Å². The zero-order valence-corrected chi connectivity index (χ0v) is 15.6. The van der Waals surface area contributed by atoms with Crippen LogP contribution in [0.3, 0.4) is 0 Å². The fraction of sp³-hybridized carbons (Fsp3) is 0.550. The minimum absolute atomic E-state index is 0.0976. The molecule has 0 aliphatic carbocycles. The van der Waals surface area contributed by atoms with Crippen LogP contribution in [0.2, 0.25) is 0 Å². The maximum absolute atomic E-state index is 12.2. The Bertz CT molecular complexity index is 699. The highest BCUT2D eigenvalue weighted by Gasteiger charge is 2.24. The SMILES string of the molecule is CC(C)CC(=O)N1CCCC(OCCc2noc(-c3ccccc3)n2)C1. The average molecular weight is 357 g/mol. The molecule has 1 aliphatic rings. The normalized spacial score (nSPS) is 17.7. The second-order valence-corrected chi connectivity index (χ2v) is 7.20. The average Bonchev–Trinajstić information content (AvgIpc) is 3.11. The van der Waals surface area contributed by atoms with Crippen LogP contribution >= 0.6 is 0 Å². The first-order valence-corrected chi connectivity index (χ1v) is 9.39. The van der Waals surface area contributed by atoms with Crippen LogP contribution in [-0.2, 0) is 16.0 Å². The van der Waals surface area contributed by atoms with Crippen molar-refractivity contribution in [3.05, 3.63) is 36.2 Å². The van der Waals surface area contributed by atoms with Gasteiger partial charge in [-0.1, -0.05) is 37.2 Å². The third-order valence-corrected chi connectivity index (χ3v) is 4.48. The molecule has 140 valence electrons. The number of amides is 1. The quantitative estimate of drug-likeness (QED) is 0.760. The molecule has 26 heavy (non-hydrogen) atoms. The Morgan fingerprint density at radius 1 is 1.35 bits per heavy atom. The van der Waals surface area contributed by atoms with Crippen LogP contribution < -0.4 is 0 Å². The van der Waals surface area contributed by atoms with Gasteiger partial charge in [0.05, 0.1) is 12.7 Å². The minimum Gasteiger partial charge on any atom is -0.376 e. The van der Waals surface area contributed by atoms with Crippen LogP contribution in [0.5, 0.6) is 0 Å². The Morgan fingerprint density at radius 2 is 2.15 bits per heavy atom. The predicted octanol–water partition coefficient (Wildman–Crippen LogP) is 3.33. The summed E-state index contributed by atoms with van der Waals surface area (Å²) in [5.74, 6) is 1.80. The van der Waals surface area contributed by atoms with Gasteiger partial charge in [0.2, 0.25) is 5.91 Å². The minimum atomic E-state index is 0.0976. The molecule has 1 amide bonds. The van der Waals surface area contributed by atoms with E-state index in [2.05, 4.69) is 24.0 Å². The summed E-state index contributed by atoms with van der Waals surface area (Å²) in [4.78, 5) is 18.6. The molecule has 1 aliphatic heterocycles. The van der Waals surface area contributed by atoms with Crippen molar-refractivity contribution in [3.63, 3.8) is 0 Å². The van der Waals surface area contributed by atoms with Gasteiger partial charge in [0, 0.05) is 31.5 Å². The first kappa shape index (κ1) is 18.6. The highest BCUT2D eigenvalue weighted by atomic mass is 16.5. The van der Waals surface area contributed by atoms with Crippen molar-refractivity contribution in [1.82, 2.24) is 15.0 Å². The number of hydrogen-bond donors (Lipinski definition) is 0. The Morgan fingerprint density at radius 3 is 2.92 bits per heavy atom. The van der Waals surface area contributed by atoms with Gasteiger partial charge >= 0.3 is 0 Å². The summed E-state index contributed by atoms with van der Waals surface area (Å²) in [5.41, 5.74) is 0.916. The smallest absolute Gasteiger partial charge is 0.257 e. The number of piperidine rings is 1. The molecule has 0 spiro atoms. The lowest BCUT2D eigenvalue weighted by atomic mass is 10.1. The van der Waals surface area contributed by atoms with Gasteiger partial charge in [-0.05, 0) is 30.9 Å². The summed E-state index contributed by atoms with van der Waals surface area (Å²) >= 11 is 0. The number of ether oxygens (including phenoxy) is 1. The predicted molar refractivity (Wildman–Crippen MR) is 98.4 cm³/mol. The monoisotopic (exact) mass is 357 g/mol. The second-order valence-electron chi connectivity index (χ2n) is 7.20. The van der Waals surface area contributed by atoms with E-state index in [0.29, 0.717) is 43.6 Å². The molecule has 1 atom stereocenters. The van der Waals surface area contributed by atoms with Crippen molar-refractivity contribution < 1.29 is 14.1 Å². The summed E-state index contributed by atoms with van der Waals surface area (Å²) in [6.45, 7) is 6.21. The summed E-state index contributed by atoms with van der Waals surface area (Å²) in [7, 11) is 0. The lowest BCUT2D eigenvalue weighted by molar-refractivity contribution is -0.136. The van der Waals surface area contributed by atoms with Crippen molar-refractivity contribution in [2.24, 2.45) is 5.92 Å². The van der Waals surface area contributed by atoms with Crippen LogP contribution in [-0.4, -0.2) is 46.7 Å². The molecule has 2 aromatic rings. The molecule has 6 nitrogen and oxygen atoms in total. The van der Waals surface area contributed by atoms with Gasteiger partial charge in [-0.15, -0.1) is 0 Å². The molecule has 1 aromatic heterocycles. The number of likely N-dealkylation sites (tertiary alicyclic amines) is 1.